The van der Waals surface area contributed by atoms with Crippen molar-refractivity contribution in [3.63, 3.8) is 0 Å². The third-order valence-electron chi connectivity index (χ3n) is 4.51. The molecule has 1 atom stereocenters. The Labute approximate surface area is 140 Å². The SMILES string of the molecule is Cc1cc(F)ccc1NC(=O)N(CCO)C1CCc2ccccc21. The Morgan fingerprint density at radius 1 is 1.33 bits per heavy atom. The molecule has 0 spiro atoms. The number of aliphatic hydroxyl groups excluding tert-OH is 1. The molecule has 2 N–H and O–H groups in total. The van der Waals surface area contributed by atoms with Crippen molar-refractivity contribution < 1.29 is 14.3 Å². The molecule has 1 aliphatic carbocycles. The number of carbonyl (C=O) groups is 1. The van der Waals surface area contributed by atoms with Crippen LogP contribution in [0.25, 0.3) is 0 Å². The minimum absolute atomic E-state index is 0.0471. The molecule has 0 aliphatic heterocycles. The number of fused-ring (bicyclic) bond motifs is 1. The van der Waals surface area contributed by atoms with E-state index >= 15 is 0 Å². The quantitative estimate of drug-likeness (QED) is 0.900. The van der Waals surface area contributed by atoms with Crippen molar-refractivity contribution in [2.24, 2.45) is 0 Å². The van der Waals surface area contributed by atoms with Crippen molar-refractivity contribution in [2.75, 3.05) is 18.5 Å². The molecule has 0 bridgehead atoms. The highest BCUT2D eigenvalue weighted by molar-refractivity contribution is 5.90. The van der Waals surface area contributed by atoms with Crippen molar-refractivity contribution in [1.82, 2.24) is 4.90 Å². The molecular formula is C19H21FN2O2. The molecule has 2 amide bonds. The van der Waals surface area contributed by atoms with Crippen molar-refractivity contribution >= 4 is 11.7 Å². The van der Waals surface area contributed by atoms with Gasteiger partial charge >= 0.3 is 6.03 Å². The number of benzene rings is 2. The summed E-state index contributed by atoms with van der Waals surface area (Å²) >= 11 is 0. The Balaban J connectivity index is 1.82. The van der Waals surface area contributed by atoms with Crippen molar-refractivity contribution in [3.8, 4) is 0 Å². The summed E-state index contributed by atoms with van der Waals surface area (Å²) in [7, 11) is 0. The van der Waals surface area contributed by atoms with Gasteiger partial charge in [0.15, 0.2) is 0 Å². The number of nitrogens with one attached hydrogen (secondary N) is 1. The van der Waals surface area contributed by atoms with Crippen LogP contribution in [0.1, 0.15) is 29.2 Å². The molecule has 2 aromatic rings. The van der Waals surface area contributed by atoms with E-state index in [9.17, 15) is 14.3 Å². The van der Waals surface area contributed by atoms with Crippen LogP contribution in [0.5, 0.6) is 0 Å². The van der Waals surface area contributed by atoms with Crippen LogP contribution in [0.2, 0.25) is 0 Å². The molecule has 0 saturated heterocycles. The first-order chi connectivity index (χ1) is 11.6. The number of aryl methyl sites for hydroxylation is 2. The van der Waals surface area contributed by atoms with Gasteiger partial charge in [-0.1, -0.05) is 24.3 Å². The van der Waals surface area contributed by atoms with Crippen LogP contribution in [-0.4, -0.2) is 29.2 Å². The molecule has 126 valence electrons. The Kier molecular flexibility index (Phi) is 4.81. The number of amides is 2. The van der Waals surface area contributed by atoms with E-state index in [2.05, 4.69) is 11.4 Å². The Morgan fingerprint density at radius 2 is 2.12 bits per heavy atom. The number of hydrogen-bond donors (Lipinski definition) is 2. The van der Waals surface area contributed by atoms with E-state index in [0.717, 1.165) is 18.4 Å². The number of hydrogen-bond acceptors (Lipinski definition) is 2. The lowest BCUT2D eigenvalue weighted by molar-refractivity contribution is 0.162. The van der Waals surface area contributed by atoms with E-state index in [0.29, 0.717) is 11.3 Å². The van der Waals surface area contributed by atoms with Gasteiger partial charge in [-0.25, -0.2) is 9.18 Å². The van der Waals surface area contributed by atoms with E-state index in [-0.39, 0.29) is 31.0 Å². The number of carbonyl (C=O) groups excluding carboxylic acids is 1. The maximum absolute atomic E-state index is 13.2. The van der Waals surface area contributed by atoms with Gasteiger partial charge in [-0.05, 0) is 54.7 Å². The summed E-state index contributed by atoms with van der Waals surface area (Å²) < 4.78 is 13.2. The summed E-state index contributed by atoms with van der Waals surface area (Å²) in [5.41, 5.74) is 3.63. The second-order valence-electron chi connectivity index (χ2n) is 6.06. The van der Waals surface area contributed by atoms with E-state index in [1.807, 2.05) is 18.2 Å². The summed E-state index contributed by atoms with van der Waals surface area (Å²) in [6, 6.07) is 12.0. The summed E-state index contributed by atoms with van der Waals surface area (Å²) in [6.45, 7) is 1.90. The van der Waals surface area contributed by atoms with Gasteiger partial charge in [-0.15, -0.1) is 0 Å². The Hall–Kier alpha value is -2.40. The van der Waals surface area contributed by atoms with Crippen LogP contribution in [0.3, 0.4) is 0 Å². The Morgan fingerprint density at radius 3 is 2.88 bits per heavy atom. The van der Waals surface area contributed by atoms with Crippen molar-refractivity contribution in [3.05, 3.63) is 65.0 Å². The van der Waals surface area contributed by atoms with Gasteiger partial charge < -0.3 is 15.3 Å². The number of nitrogens with zero attached hydrogens (tertiary/aromatic N) is 1. The summed E-state index contributed by atoms with van der Waals surface area (Å²) in [6.07, 6.45) is 1.76. The van der Waals surface area contributed by atoms with Gasteiger partial charge in [0.25, 0.3) is 0 Å². The molecule has 24 heavy (non-hydrogen) atoms. The van der Waals surface area contributed by atoms with Gasteiger partial charge in [-0.3, -0.25) is 0 Å². The predicted octanol–water partition coefficient (Wildman–Crippen LogP) is 3.65. The van der Waals surface area contributed by atoms with Crippen LogP contribution in [0.4, 0.5) is 14.9 Å². The van der Waals surface area contributed by atoms with Gasteiger partial charge in [-0.2, -0.15) is 0 Å². The normalized spacial score (nSPS) is 15.9. The average molecular weight is 328 g/mol. The fraction of sp³-hybridized carbons (Fsp3) is 0.316. The first-order valence-corrected chi connectivity index (χ1v) is 8.12. The van der Waals surface area contributed by atoms with Gasteiger partial charge in [0, 0.05) is 12.2 Å². The molecule has 0 aromatic heterocycles. The van der Waals surface area contributed by atoms with E-state index in [4.69, 9.17) is 0 Å². The predicted molar refractivity (Wildman–Crippen MR) is 91.5 cm³/mol. The van der Waals surface area contributed by atoms with E-state index < -0.39 is 0 Å². The highest BCUT2D eigenvalue weighted by atomic mass is 19.1. The molecule has 0 heterocycles. The molecule has 0 radical (unpaired) electrons. The van der Waals surface area contributed by atoms with E-state index in [1.165, 1.54) is 17.7 Å². The molecule has 4 nitrogen and oxygen atoms in total. The number of aliphatic hydroxyl groups is 1. The topological polar surface area (TPSA) is 52.6 Å². The first kappa shape index (κ1) is 16.5. The lowest BCUT2D eigenvalue weighted by Crippen LogP contribution is -2.39. The minimum atomic E-state index is -0.331. The lowest BCUT2D eigenvalue weighted by atomic mass is 10.1. The number of halogens is 1. The van der Waals surface area contributed by atoms with Gasteiger partial charge in [0.2, 0.25) is 0 Å². The lowest BCUT2D eigenvalue weighted by Gasteiger charge is -2.29. The minimum Gasteiger partial charge on any atom is -0.395 e. The smallest absolute Gasteiger partial charge is 0.322 e. The molecule has 0 saturated carbocycles. The second kappa shape index (κ2) is 7.01. The van der Waals surface area contributed by atoms with Gasteiger partial charge in [0.05, 0.1) is 12.6 Å². The fourth-order valence-electron chi connectivity index (χ4n) is 3.32. The zero-order valence-electron chi connectivity index (χ0n) is 13.6. The largest absolute Gasteiger partial charge is 0.395 e. The van der Waals surface area contributed by atoms with Crippen molar-refractivity contribution in [1.29, 1.82) is 0 Å². The van der Waals surface area contributed by atoms with Crippen LogP contribution in [0, 0.1) is 12.7 Å². The summed E-state index contributed by atoms with van der Waals surface area (Å²) in [4.78, 5) is 14.4. The number of urea groups is 1. The first-order valence-electron chi connectivity index (χ1n) is 8.12. The molecule has 1 unspecified atom stereocenters. The maximum atomic E-state index is 13.2. The third kappa shape index (κ3) is 3.26. The highest BCUT2D eigenvalue weighted by Crippen LogP contribution is 2.35. The molecule has 0 fully saturated rings. The average Bonchev–Trinajstić information content (AvgIpc) is 2.99. The maximum Gasteiger partial charge on any atom is 0.322 e. The molecule has 3 rings (SSSR count). The zero-order chi connectivity index (χ0) is 17.1. The monoisotopic (exact) mass is 328 g/mol. The second-order valence-corrected chi connectivity index (χ2v) is 6.06. The number of anilines is 1. The molecule has 5 heteroatoms. The van der Waals surface area contributed by atoms with Crippen molar-refractivity contribution in [2.45, 2.75) is 25.8 Å². The molecule has 2 aromatic carbocycles. The summed E-state index contributed by atoms with van der Waals surface area (Å²) in [5, 5.41) is 12.2. The highest BCUT2D eigenvalue weighted by Gasteiger charge is 2.30. The van der Waals surface area contributed by atoms with Crippen LogP contribution in [-0.2, 0) is 6.42 Å². The van der Waals surface area contributed by atoms with Gasteiger partial charge in [0.1, 0.15) is 5.82 Å². The van der Waals surface area contributed by atoms with E-state index in [1.54, 1.807) is 17.9 Å². The standard InChI is InChI=1S/C19H21FN2O2/c1-13-12-15(20)7-8-17(13)21-19(24)22(10-11-23)18-9-6-14-4-2-3-5-16(14)18/h2-5,7-8,12,18,23H,6,9-11H2,1H3,(H,21,24). The Bertz CT molecular complexity index is 748. The van der Waals surface area contributed by atoms with Crippen LogP contribution in [0.15, 0.2) is 42.5 Å². The number of rotatable bonds is 4. The third-order valence-corrected chi connectivity index (χ3v) is 4.51. The zero-order valence-corrected chi connectivity index (χ0v) is 13.6. The fourth-order valence-corrected chi connectivity index (χ4v) is 3.32. The molecule has 1 aliphatic rings. The molecular weight excluding hydrogens is 307 g/mol. The van der Waals surface area contributed by atoms with Crippen LogP contribution >= 0.6 is 0 Å². The summed E-state index contributed by atoms with van der Waals surface area (Å²) in [5.74, 6) is -0.331. The van der Waals surface area contributed by atoms with Crippen LogP contribution < -0.4 is 5.32 Å².